The van der Waals surface area contributed by atoms with Gasteiger partial charge in [-0.25, -0.2) is 9.97 Å². The minimum absolute atomic E-state index is 0.594. The number of piperidine rings is 1. The molecule has 0 amide bonds. The average Bonchev–Trinajstić information content (AvgIpc) is 3.23. The summed E-state index contributed by atoms with van der Waals surface area (Å²) in [6.45, 7) is 5.76. The van der Waals surface area contributed by atoms with E-state index in [4.69, 9.17) is 4.98 Å². The zero-order chi connectivity index (χ0) is 13.4. The number of rotatable bonds is 3. The van der Waals surface area contributed by atoms with Crippen molar-refractivity contribution in [3.05, 3.63) is 16.5 Å². The molecule has 1 aliphatic heterocycles. The third kappa shape index (κ3) is 2.93. The van der Waals surface area contributed by atoms with Crippen LogP contribution in [0.15, 0.2) is 10.7 Å². The molecule has 1 saturated heterocycles. The zero-order valence-electron chi connectivity index (χ0n) is 11.8. The van der Waals surface area contributed by atoms with Crippen molar-refractivity contribution in [2.45, 2.75) is 57.9 Å². The van der Waals surface area contributed by atoms with E-state index in [2.05, 4.69) is 45.7 Å². The summed E-state index contributed by atoms with van der Waals surface area (Å²) >= 11 is 3.55. The van der Waals surface area contributed by atoms with Gasteiger partial charge < -0.3 is 4.90 Å². The third-order valence-corrected chi connectivity index (χ3v) is 4.90. The van der Waals surface area contributed by atoms with Gasteiger partial charge in [-0.3, -0.25) is 0 Å². The Morgan fingerprint density at radius 1 is 1.26 bits per heavy atom. The fraction of sp³-hybridized carbons (Fsp3) is 0.733. The molecule has 1 saturated carbocycles. The van der Waals surface area contributed by atoms with E-state index >= 15 is 0 Å². The van der Waals surface area contributed by atoms with Crippen molar-refractivity contribution < 1.29 is 0 Å². The van der Waals surface area contributed by atoms with Gasteiger partial charge in [0, 0.05) is 24.6 Å². The number of hydrogen-bond acceptors (Lipinski definition) is 3. The Morgan fingerprint density at radius 2 is 2.05 bits per heavy atom. The van der Waals surface area contributed by atoms with Crippen LogP contribution in [0, 0.1) is 5.92 Å². The molecule has 104 valence electrons. The van der Waals surface area contributed by atoms with Gasteiger partial charge in [-0.15, -0.1) is 0 Å². The fourth-order valence-corrected chi connectivity index (χ4v) is 3.32. The predicted octanol–water partition coefficient (Wildman–Crippen LogP) is 4.13. The summed E-state index contributed by atoms with van der Waals surface area (Å²) in [5.74, 6) is 3.58. The molecule has 1 aromatic rings. The highest BCUT2D eigenvalue weighted by Gasteiger charge is 2.30. The Hall–Kier alpha value is -0.640. The Kier molecular flexibility index (Phi) is 3.79. The van der Waals surface area contributed by atoms with Crippen molar-refractivity contribution in [1.82, 2.24) is 9.97 Å². The molecule has 2 atom stereocenters. The van der Waals surface area contributed by atoms with Crippen LogP contribution in [-0.4, -0.2) is 22.6 Å². The molecule has 19 heavy (non-hydrogen) atoms. The summed E-state index contributed by atoms with van der Waals surface area (Å²) in [5, 5.41) is 0. The van der Waals surface area contributed by atoms with Crippen LogP contribution in [0.2, 0.25) is 0 Å². The summed E-state index contributed by atoms with van der Waals surface area (Å²) in [5.41, 5.74) is 0. The smallest absolute Gasteiger partial charge is 0.135 e. The van der Waals surface area contributed by atoms with Crippen LogP contribution >= 0.6 is 15.9 Å². The van der Waals surface area contributed by atoms with E-state index in [1.54, 1.807) is 0 Å². The number of anilines is 1. The first-order valence-corrected chi connectivity index (χ1v) is 8.27. The van der Waals surface area contributed by atoms with E-state index in [0.29, 0.717) is 12.0 Å². The molecule has 2 aliphatic rings. The van der Waals surface area contributed by atoms with Crippen molar-refractivity contribution in [1.29, 1.82) is 0 Å². The minimum atomic E-state index is 0.594. The lowest BCUT2D eigenvalue weighted by atomic mass is 9.91. The minimum Gasteiger partial charge on any atom is -0.353 e. The van der Waals surface area contributed by atoms with Gasteiger partial charge in [0.1, 0.15) is 16.2 Å². The van der Waals surface area contributed by atoms with Crippen molar-refractivity contribution in [3.8, 4) is 0 Å². The van der Waals surface area contributed by atoms with Gasteiger partial charge in [0.05, 0.1) is 0 Å². The third-order valence-electron chi connectivity index (χ3n) is 4.49. The fourth-order valence-electron chi connectivity index (χ4n) is 2.93. The van der Waals surface area contributed by atoms with E-state index in [0.717, 1.165) is 28.7 Å². The van der Waals surface area contributed by atoms with Gasteiger partial charge >= 0.3 is 0 Å². The first-order valence-electron chi connectivity index (χ1n) is 7.48. The largest absolute Gasteiger partial charge is 0.353 e. The van der Waals surface area contributed by atoms with Gasteiger partial charge in [0.25, 0.3) is 0 Å². The van der Waals surface area contributed by atoms with Crippen LogP contribution in [0.3, 0.4) is 0 Å². The highest BCUT2D eigenvalue weighted by Crippen LogP contribution is 2.39. The van der Waals surface area contributed by atoms with Crippen molar-refractivity contribution in [2.24, 2.45) is 5.92 Å². The molecule has 2 heterocycles. The van der Waals surface area contributed by atoms with Crippen LogP contribution in [0.4, 0.5) is 5.82 Å². The number of aromatic nitrogens is 2. The van der Waals surface area contributed by atoms with E-state index < -0.39 is 0 Å². The SMILES string of the molecule is CCC1CCC(C)N(c2cc(Br)nc(C3CC3)n2)C1. The Bertz CT molecular complexity index is 459. The molecule has 1 aromatic heterocycles. The molecule has 0 aromatic carbocycles. The Morgan fingerprint density at radius 3 is 2.74 bits per heavy atom. The van der Waals surface area contributed by atoms with Gasteiger partial charge in [-0.05, 0) is 54.5 Å². The molecule has 0 bridgehead atoms. The topological polar surface area (TPSA) is 29.0 Å². The van der Waals surface area contributed by atoms with Crippen LogP contribution in [0.1, 0.15) is 57.7 Å². The first kappa shape index (κ1) is 13.3. The summed E-state index contributed by atoms with van der Waals surface area (Å²) in [4.78, 5) is 11.8. The second-order valence-electron chi connectivity index (χ2n) is 6.03. The van der Waals surface area contributed by atoms with Crippen molar-refractivity contribution in [2.75, 3.05) is 11.4 Å². The number of halogens is 1. The average molecular weight is 324 g/mol. The van der Waals surface area contributed by atoms with E-state index in [9.17, 15) is 0 Å². The predicted molar refractivity (Wildman–Crippen MR) is 81.5 cm³/mol. The van der Waals surface area contributed by atoms with Crippen molar-refractivity contribution in [3.63, 3.8) is 0 Å². The molecule has 2 unspecified atom stereocenters. The molecular formula is C15H22BrN3. The summed E-state index contributed by atoms with van der Waals surface area (Å²) in [6.07, 6.45) is 6.41. The van der Waals surface area contributed by atoms with Gasteiger partial charge in [0.15, 0.2) is 0 Å². The Balaban J connectivity index is 1.86. The van der Waals surface area contributed by atoms with Gasteiger partial charge in [-0.1, -0.05) is 13.3 Å². The number of hydrogen-bond donors (Lipinski definition) is 0. The monoisotopic (exact) mass is 323 g/mol. The molecule has 3 nitrogen and oxygen atoms in total. The highest BCUT2D eigenvalue weighted by molar-refractivity contribution is 9.10. The van der Waals surface area contributed by atoms with E-state index in [1.807, 2.05) is 0 Å². The second kappa shape index (κ2) is 5.39. The molecule has 0 spiro atoms. The standard InChI is InChI=1S/C15H22BrN3/c1-3-11-5-4-10(2)19(9-11)14-8-13(16)17-15(18-14)12-6-7-12/h8,10-12H,3-7,9H2,1-2H3. The molecule has 2 fully saturated rings. The zero-order valence-corrected chi connectivity index (χ0v) is 13.4. The number of nitrogens with zero attached hydrogens (tertiary/aromatic N) is 3. The second-order valence-corrected chi connectivity index (χ2v) is 6.85. The quantitative estimate of drug-likeness (QED) is 0.783. The summed E-state index contributed by atoms with van der Waals surface area (Å²) in [6, 6.07) is 2.68. The van der Waals surface area contributed by atoms with Crippen LogP contribution in [0.25, 0.3) is 0 Å². The van der Waals surface area contributed by atoms with Crippen LogP contribution in [-0.2, 0) is 0 Å². The van der Waals surface area contributed by atoms with Crippen molar-refractivity contribution >= 4 is 21.7 Å². The molecule has 3 rings (SSSR count). The molecule has 0 radical (unpaired) electrons. The van der Waals surface area contributed by atoms with Crippen LogP contribution in [0.5, 0.6) is 0 Å². The van der Waals surface area contributed by atoms with E-state index in [1.165, 1.54) is 32.1 Å². The van der Waals surface area contributed by atoms with Crippen LogP contribution < -0.4 is 4.90 Å². The Labute approximate surface area is 124 Å². The molecule has 1 aliphatic carbocycles. The van der Waals surface area contributed by atoms with Gasteiger partial charge in [-0.2, -0.15) is 0 Å². The lowest BCUT2D eigenvalue weighted by Gasteiger charge is -2.38. The maximum Gasteiger partial charge on any atom is 0.135 e. The molecular weight excluding hydrogens is 302 g/mol. The first-order chi connectivity index (χ1) is 9.17. The van der Waals surface area contributed by atoms with E-state index in [-0.39, 0.29) is 0 Å². The van der Waals surface area contributed by atoms with Gasteiger partial charge in [0.2, 0.25) is 0 Å². The lowest BCUT2D eigenvalue weighted by Crippen LogP contribution is -2.42. The lowest BCUT2D eigenvalue weighted by molar-refractivity contribution is 0.357. The highest BCUT2D eigenvalue weighted by atomic mass is 79.9. The molecule has 0 N–H and O–H groups in total. The summed E-state index contributed by atoms with van der Waals surface area (Å²) in [7, 11) is 0. The maximum atomic E-state index is 4.82. The molecule has 4 heteroatoms. The summed E-state index contributed by atoms with van der Waals surface area (Å²) < 4.78 is 0.935. The maximum absolute atomic E-state index is 4.82. The normalized spacial score (nSPS) is 27.6.